The summed E-state index contributed by atoms with van der Waals surface area (Å²) in [6, 6.07) is 8.63. The van der Waals surface area contributed by atoms with Crippen molar-refractivity contribution in [3.63, 3.8) is 0 Å². The highest BCUT2D eigenvalue weighted by molar-refractivity contribution is 7.91. The van der Waals surface area contributed by atoms with Crippen molar-refractivity contribution in [1.29, 1.82) is 0 Å². The Hall–Kier alpha value is -1.94. The number of imidazole rings is 1. The molecule has 4 heterocycles. The van der Waals surface area contributed by atoms with Crippen LogP contribution >= 0.6 is 22.9 Å². The van der Waals surface area contributed by atoms with Gasteiger partial charge in [-0.25, -0.2) is 13.4 Å². The minimum atomic E-state index is -3.57. The van der Waals surface area contributed by atoms with Crippen LogP contribution in [0.5, 0.6) is 0 Å². The predicted octanol–water partition coefficient (Wildman–Crippen LogP) is 2.20. The smallest absolute Gasteiger partial charge is 0.274 e. The van der Waals surface area contributed by atoms with Crippen molar-refractivity contribution in [3.05, 3.63) is 52.8 Å². The maximum Gasteiger partial charge on any atom is 0.274 e. The van der Waals surface area contributed by atoms with Gasteiger partial charge in [0.1, 0.15) is 15.6 Å². The number of fused-ring (bicyclic) bond motifs is 1. The molecule has 0 spiro atoms. The van der Waals surface area contributed by atoms with Gasteiger partial charge in [-0.3, -0.25) is 4.79 Å². The summed E-state index contributed by atoms with van der Waals surface area (Å²) in [5, 5.41) is 0. The third-order valence-electron chi connectivity index (χ3n) is 4.25. The standard InChI is InChI=1S/C16H15ClN4O3S2/c17-13-4-5-15(25-13)26(23,24)21-9-7-19(8-10-21)16(22)12-11-20-6-2-1-3-14(20)18-12/h1-6,11H,7-10H2. The lowest BCUT2D eigenvalue weighted by Crippen LogP contribution is -2.50. The molecule has 0 aromatic carbocycles. The second-order valence-corrected chi connectivity index (χ2v) is 9.73. The number of piperazine rings is 1. The van der Waals surface area contributed by atoms with E-state index in [2.05, 4.69) is 4.98 Å². The molecule has 26 heavy (non-hydrogen) atoms. The molecule has 1 saturated heterocycles. The lowest BCUT2D eigenvalue weighted by Gasteiger charge is -2.33. The summed E-state index contributed by atoms with van der Waals surface area (Å²) in [7, 11) is -3.57. The molecule has 0 aliphatic carbocycles. The third kappa shape index (κ3) is 3.11. The van der Waals surface area contributed by atoms with E-state index in [0.29, 0.717) is 28.8 Å². The zero-order valence-electron chi connectivity index (χ0n) is 13.6. The molecule has 0 saturated carbocycles. The summed E-state index contributed by atoms with van der Waals surface area (Å²) in [6.45, 7) is 1.14. The Morgan fingerprint density at radius 1 is 1.12 bits per heavy atom. The van der Waals surface area contributed by atoms with Crippen LogP contribution in [0.4, 0.5) is 0 Å². The van der Waals surface area contributed by atoms with Gasteiger partial charge in [-0.1, -0.05) is 17.7 Å². The topological polar surface area (TPSA) is 75.0 Å². The fourth-order valence-electron chi connectivity index (χ4n) is 2.89. The van der Waals surface area contributed by atoms with Crippen molar-refractivity contribution < 1.29 is 13.2 Å². The first-order valence-corrected chi connectivity index (χ1v) is 10.6. The van der Waals surface area contributed by atoms with E-state index in [1.807, 2.05) is 24.4 Å². The van der Waals surface area contributed by atoms with E-state index >= 15 is 0 Å². The van der Waals surface area contributed by atoms with Gasteiger partial charge in [0.15, 0.2) is 0 Å². The van der Waals surface area contributed by atoms with Gasteiger partial charge < -0.3 is 9.30 Å². The molecule has 0 bridgehead atoms. The van der Waals surface area contributed by atoms with Crippen molar-refractivity contribution >= 4 is 44.5 Å². The number of nitrogens with zero attached hydrogens (tertiary/aromatic N) is 4. The van der Waals surface area contributed by atoms with Crippen molar-refractivity contribution in [2.24, 2.45) is 0 Å². The van der Waals surface area contributed by atoms with Gasteiger partial charge in [0.05, 0.1) is 4.34 Å². The molecule has 10 heteroatoms. The molecule has 0 atom stereocenters. The first-order valence-electron chi connectivity index (χ1n) is 7.94. The van der Waals surface area contributed by atoms with Gasteiger partial charge in [0, 0.05) is 38.6 Å². The van der Waals surface area contributed by atoms with Crippen LogP contribution in [-0.4, -0.2) is 59.1 Å². The molecule has 1 aliphatic rings. The molecule has 136 valence electrons. The maximum absolute atomic E-state index is 12.7. The number of hydrogen-bond donors (Lipinski definition) is 0. The van der Waals surface area contributed by atoms with E-state index in [9.17, 15) is 13.2 Å². The lowest BCUT2D eigenvalue weighted by molar-refractivity contribution is 0.0693. The van der Waals surface area contributed by atoms with Crippen LogP contribution in [-0.2, 0) is 10.0 Å². The summed E-state index contributed by atoms with van der Waals surface area (Å²) >= 11 is 6.88. The Bertz CT molecular complexity index is 1040. The average molecular weight is 411 g/mol. The zero-order chi connectivity index (χ0) is 18.3. The molecule has 1 amide bonds. The van der Waals surface area contributed by atoms with Crippen molar-refractivity contribution in [3.8, 4) is 0 Å². The predicted molar refractivity (Wildman–Crippen MR) is 99.2 cm³/mol. The van der Waals surface area contributed by atoms with Gasteiger partial charge >= 0.3 is 0 Å². The molecule has 7 nitrogen and oxygen atoms in total. The van der Waals surface area contributed by atoms with Crippen LogP contribution in [0.3, 0.4) is 0 Å². The van der Waals surface area contributed by atoms with E-state index in [-0.39, 0.29) is 23.2 Å². The van der Waals surface area contributed by atoms with Gasteiger partial charge in [0.2, 0.25) is 0 Å². The summed E-state index contributed by atoms with van der Waals surface area (Å²) in [5.74, 6) is -0.190. The van der Waals surface area contributed by atoms with Crippen molar-refractivity contribution in [2.45, 2.75) is 4.21 Å². The number of pyridine rings is 1. The molecule has 1 fully saturated rings. The number of thiophene rings is 1. The number of carbonyl (C=O) groups is 1. The summed E-state index contributed by atoms with van der Waals surface area (Å²) in [6.07, 6.45) is 3.52. The highest BCUT2D eigenvalue weighted by atomic mass is 35.5. The van der Waals surface area contributed by atoms with Gasteiger partial charge in [-0.2, -0.15) is 4.31 Å². The van der Waals surface area contributed by atoms with E-state index in [1.165, 1.54) is 10.4 Å². The van der Waals surface area contributed by atoms with Crippen LogP contribution in [0.1, 0.15) is 10.5 Å². The zero-order valence-corrected chi connectivity index (χ0v) is 16.0. The fourth-order valence-corrected chi connectivity index (χ4v) is 5.95. The maximum atomic E-state index is 12.7. The summed E-state index contributed by atoms with van der Waals surface area (Å²) in [5.41, 5.74) is 1.06. The van der Waals surface area contributed by atoms with Crippen LogP contribution in [0.25, 0.3) is 5.65 Å². The number of aromatic nitrogens is 2. The van der Waals surface area contributed by atoms with Crippen LogP contribution in [0.15, 0.2) is 46.9 Å². The monoisotopic (exact) mass is 410 g/mol. The largest absolute Gasteiger partial charge is 0.335 e. The van der Waals surface area contributed by atoms with Gasteiger partial charge in [-0.05, 0) is 24.3 Å². The Kier molecular flexibility index (Phi) is 4.47. The number of halogens is 1. The number of hydrogen-bond acceptors (Lipinski definition) is 5. The second kappa shape index (κ2) is 6.66. The highest BCUT2D eigenvalue weighted by Gasteiger charge is 2.31. The van der Waals surface area contributed by atoms with Crippen molar-refractivity contribution in [1.82, 2.24) is 18.6 Å². The summed E-state index contributed by atoms with van der Waals surface area (Å²) < 4.78 is 29.1. The minimum absolute atomic E-state index is 0.190. The molecule has 0 radical (unpaired) electrons. The molecule has 3 aromatic rings. The van der Waals surface area contributed by atoms with Crippen LogP contribution in [0.2, 0.25) is 4.34 Å². The molecule has 0 N–H and O–H groups in total. The Morgan fingerprint density at radius 3 is 2.54 bits per heavy atom. The number of rotatable bonds is 3. The first kappa shape index (κ1) is 17.5. The normalized spacial score (nSPS) is 16.3. The molecular weight excluding hydrogens is 396 g/mol. The molecule has 1 aliphatic heterocycles. The third-order valence-corrected chi connectivity index (χ3v) is 7.85. The van der Waals surface area contributed by atoms with E-state index in [0.717, 1.165) is 11.3 Å². The number of carbonyl (C=O) groups excluding carboxylic acids is 1. The van der Waals surface area contributed by atoms with E-state index in [1.54, 1.807) is 21.6 Å². The van der Waals surface area contributed by atoms with Crippen LogP contribution < -0.4 is 0 Å². The SMILES string of the molecule is O=C(c1cn2ccccc2n1)N1CCN(S(=O)(=O)c2ccc(Cl)s2)CC1. The molecular formula is C16H15ClN4O3S2. The number of amides is 1. The van der Waals surface area contributed by atoms with Crippen LogP contribution in [0, 0.1) is 0 Å². The van der Waals surface area contributed by atoms with Gasteiger partial charge in [0.25, 0.3) is 15.9 Å². The number of sulfonamides is 1. The Morgan fingerprint density at radius 2 is 1.88 bits per heavy atom. The highest BCUT2D eigenvalue weighted by Crippen LogP contribution is 2.28. The molecule has 0 unspecified atom stereocenters. The molecule has 3 aromatic heterocycles. The fraction of sp³-hybridized carbons (Fsp3) is 0.250. The van der Waals surface area contributed by atoms with Gasteiger partial charge in [-0.15, -0.1) is 11.3 Å². The molecule has 4 rings (SSSR count). The Labute approximate surface area is 159 Å². The average Bonchev–Trinajstić information content (AvgIpc) is 3.27. The Balaban J connectivity index is 1.47. The second-order valence-electron chi connectivity index (χ2n) is 5.85. The van der Waals surface area contributed by atoms with E-state index in [4.69, 9.17) is 11.6 Å². The minimum Gasteiger partial charge on any atom is -0.335 e. The first-order chi connectivity index (χ1) is 12.4. The van der Waals surface area contributed by atoms with E-state index < -0.39 is 10.0 Å². The summed E-state index contributed by atoms with van der Waals surface area (Å²) in [4.78, 5) is 18.6. The quantitative estimate of drug-likeness (QED) is 0.663. The van der Waals surface area contributed by atoms with Crippen molar-refractivity contribution in [2.75, 3.05) is 26.2 Å². The lowest BCUT2D eigenvalue weighted by atomic mass is 10.3.